The Hall–Kier alpha value is -3.33. The van der Waals surface area contributed by atoms with E-state index in [1.807, 2.05) is 6.07 Å². The lowest BCUT2D eigenvalue weighted by Crippen LogP contribution is -2.80. The fourth-order valence-corrected chi connectivity index (χ4v) is 25.2. The van der Waals surface area contributed by atoms with Crippen LogP contribution in [0.3, 0.4) is 0 Å². The summed E-state index contributed by atoms with van der Waals surface area (Å²) in [5.41, 5.74) is -5.37. The summed E-state index contributed by atoms with van der Waals surface area (Å²) in [5, 5.41) is 39.8. The average molecular weight is 1030 g/mol. The monoisotopic (exact) mass is 1030 g/mol. The van der Waals surface area contributed by atoms with Crippen molar-refractivity contribution in [3.63, 3.8) is 0 Å². The molecule has 402 valence electrons. The van der Waals surface area contributed by atoms with Gasteiger partial charge in [0.15, 0.2) is 11.9 Å². The zero-order valence-corrected chi connectivity index (χ0v) is 44.1. The van der Waals surface area contributed by atoms with Gasteiger partial charge in [0.2, 0.25) is 0 Å². The summed E-state index contributed by atoms with van der Waals surface area (Å²) in [6, 6.07) is 2.39. The number of furan rings is 1. The summed E-state index contributed by atoms with van der Waals surface area (Å²) < 4.78 is 35.6. The Balaban J connectivity index is 0.809. The Morgan fingerprint density at radius 2 is 1.84 bits per heavy atom. The van der Waals surface area contributed by atoms with Crippen molar-refractivity contribution in [2.24, 2.45) is 104 Å². The SMILES string of the molecule is C[C@@H]1[C@H]2CCC[C@H]2CC[C@@]12C=CC[C@]13O[C@]45C(=C[C@@H]21)C[C@H]1CCC[C@]12C[C@@H]1C[C@@]6(C)[C@H](c7ccoc7C[C@@H]([C@@H]7CC[C@@H]8[C@H](C=CN9CNC[C@@H]89)C7)[C@H](O)CO)OC(=O)[C@H]7O[C@]76[C@]6(C)[C@H](O)C(=O)[C@H]3[C@@]4(COC(=O)[C@@H]25)[C@@H]16. The van der Waals surface area contributed by atoms with Gasteiger partial charge in [-0.1, -0.05) is 64.3 Å². The minimum Gasteiger partial charge on any atom is -0.469 e. The minimum absolute atomic E-state index is 0.0475. The first-order chi connectivity index (χ1) is 36.2. The summed E-state index contributed by atoms with van der Waals surface area (Å²) in [7, 11) is 0. The molecule has 5 saturated heterocycles. The van der Waals surface area contributed by atoms with Crippen LogP contribution in [-0.2, 0) is 39.8 Å². The number of nitrogens with one attached hydrogen (secondary N) is 1. The van der Waals surface area contributed by atoms with Gasteiger partial charge in [-0.3, -0.25) is 14.9 Å². The number of esters is 2. The molecule has 16 aliphatic rings. The van der Waals surface area contributed by atoms with Crippen molar-refractivity contribution in [2.75, 3.05) is 26.4 Å². The van der Waals surface area contributed by atoms with E-state index >= 15 is 9.59 Å². The van der Waals surface area contributed by atoms with Crippen LogP contribution >= 0.6 is 0 Å². The van der Waals surface area contributed by atoms with E-state index in [0.717, 1.165) is 82.5 Å². The van der Waals surface area contributed by atoms with Crippen LogP contribution in [0.15, 0.2) is 52.8 Å². The number of epoxide rings is 1. The lowest BCUT2D eigenvalue weighted by Gasteiger charge is -2.70. The fraction of sp³-hybridized carbons (Fsp3) is 0.790. The van der Waals surface area contributed by atoms with Crippen LogP contribution in [0.2, 0.25) is 0 Å². The molecule has 13 fully saturated rings. The van der Waals surface area contributed by atoms with Crippen LogP contribution < -0.4 is 5.32 Å². The number of nitrogens with zero attached hydrogens (tertiary/aromatic N) is 1. The summed E-state index contributed by atoms with van der Waals surface area (Å²) in [4.78, 5) is 49.5. The average Bonchev–Trinajstić information content (AvgIpc) is 2.96. The van der Waals surface area contributed by atoms with E-state index in [1.165, 1.54) is 31.3 Å². The molecule has 0 amide bonds. The highest BCUT2D eigenvalue weighted by molar-refractivity contribution is 5.94. The van der Waals surface area contributed by atoms with Crippen molar-refractivity contribution in [3.05, 3.63) is 59.7 Å². The quantitative estimate of drug-likeness (QED) is 0.129. The van der Waals surface area contributed by atoms with Crippen LogP contribution in [0.1, 0.15) is 135 Å². The fourth-order valence-electron chi connectivity index (χ4n) is 25.2. The summed E-state index contributed by atoms with van der Waals surface area (Å²) in [6.45, 7) is 8.29. The highest BCUT2D eigenvalue weighted by Crippen LogP contribution is 2.89. The molecular weight excluding hydrogens is 949 g/mol. The molecule has 0 unspecified atom stereocenters. The Labute approximate surface area is 440 Å². The molecular formula is C62H78N2O11. The normalized spacial score (nSPS) is 57.0. The van der Waals surface area contributed by atoms with Crippen LogP contribution in [-0.4, -0.2) is 106 Å². The van der Waals surface area contributed by atoms with Crippen LogP contribution in [0.5, 0.6) is 0 Å². The Bertz CT molecular complexity index is 2810. The maximum absolute atomic E-state index is 16.7. The number of cyclic esters (lactones) is 2. The van der Waals surface area contributed by atoms with Crippen LogP contribution in [0.4, 0.5) is 0 Å². The molecule has 8 saturated carbocycles. The van der Waals surface area contributed by atoms with Gasteiger partial charge in [0.25, 0.3) is 0 Å². The highest BCUT2D eigenvalue weighted by atomic mass is 16.7. The molecule has 1 aromatic heterocycles. The second-order valence-electron chi connectivity index (χ2n) is 29.0. The first-order valence-corrected chi connectivity index (χ1v) is 30.0. The molecule has 4 N–H and O–H groups in total. The number of fused-ring (bicyclic) bond motifs is 5. The molecule has 5 bridgehead atoms. The lowest BCUT2D eigenvalue weighted by atomic mass is 9.32. The van der Waals surface area contributed by atoms with E-state index in [-0.39, 0.29) is 60.0 Å². The third kappa shape index (κ3) is 4.94. The number of Topliss-reactive ketones (excluding diaryl/α,β-unsaturated/α-hetero) is 1. The Morgan fingerprint density at radius 3 is 2.71 bits per heavy atom. The van der Waals surface area contributed by atoms with E-state index < -0.39 is 86.6 Å². The molecule has 6 spiro atoms. The van der Waals surface area contributed by atoms with Crippen molar-refractivity contribution >= 4 is 17.7 Å². The second kappa shape index (κ2) is 14.7. The molecule has 26 atom stereocenters. The number of rotatable bonds is 6. The van der Waals surface area contributed by atoms with Gasteiger partial charge in [-0.25, -0.2) is 4.79 Å². The van der Waals surface area contributed by atoms with Crippen molar-refractivity contribution in [2.45, 2.75) is 171 Å². The number of hydrogen-bond acceptors (Lipinski definition) is 13. The Kier molecular flexibility index (Phi) is 9.14. The summed E-state index contributed by atoms with van der Waals surface area (Å²) >= 11 is 0. The molecule has 7 aliphatic heterocycles. The predicted octanol–water partition coefficient (Wildman–Crippen LogP) is 7.14. The number of hydrogen-bond donors (Lipinski definition) is 4. The summed E-state index contributed by atoms with van der Waals surface area (Å²) in [6.07, 6.45) is 24.3. The van der Waals surface area contributed by atoms with Gasteiger partial charge in [-0.05, 0) is 159 Å². The molecule has 17 rings (SSSR count). The largest absolute Gasteiger partial charge is 0.469 e. The van der Waals surface area contributed by atoms with E-state index in [4.69, 9.17) is 23.4 Å². The second-order valence-corrected chi connectivity index (χ2v) is 29.0. The van der Waals surface area contributed by atoms with Gasteiger partial charge in [-0.2, -0.15) is 0 Å². The third-order valence-corrected chi connectivity index (χ3v) is 27.4. The van der Waals surface area contributed by atoms with Crippen LogP contribution in [0, 0.1) is 104 Å². The molecule has 1 aromatic rings. The number of carbonyl (C=O) groups excluding carboxylic acids is 3. The number of aliphatic hydroxyl groups excluding tert-OH is 3. The first-order valence-electron chi connectivity index (χ1n) is 30.0. The van der Waals surface area contributed by atoms with Crippen molar-refractivity contribution in [3.8, 4) is 0 Å². The van der Waals surface area contributed by atoms with E-state index in [9.17, 15) is 20.1 Å². The zero-order valence-electron chi connectivity index (χ0n) is 44.1. The summed E-state index contributed by atoms with van der Waals surface area (Å²) in [5.74, 6) is 0.483. The van der Waals surface area contributed by atoms with Crippen LogP contribution in [0.25, 0.3) is 0 Å². The maximum atomic E-state index is 16.7. The van der Waals surface area contributed by atoms with Crippen molar-refractivity contribution in [1.82, 2.24) is 10.2 Å². The van der Waals surface area contributed by atoms with Gasteiger partial charge >= 0.3 is 11.9 Å². The van der Waals surface area contributed by atoms with Crippen molar-refractivity contribution < 1.29 is 53.1 Å². The zero-order chi connectivity index (χ0) is 50.8. The standard InChI is InChI=1S/C62H78N2O11/c1-31-38-9-4-7-32(38)12-18-57(31)16-6-17-60-45(57)23-37-22-36-8-5-15-58(36)26-35-25-55(2)51(40-14-20-71-44(40)24-41(43(66)28-65)33-10-11-39-34(21-33)13-19-64-30-63-27-42(39)64)73-54(70)52-62(55,74-52)56(3)47(35)59(48(60)46(67)50(56)68)29-72-53(69)49(58)61(37,59)75-60/h6,13-14,16,19-20,23,31-36,38-39,41-43,45,47-52,63,65-66,68H,4-5,7-12,15,17-18,21-22,24-30H2,1-3H3/t31-,32+,33-,34-,35+,36-,38-,39-,41+,42+,43-,45+,47+,48+,49+,50-,51+,52-,55+,56+,57+,58+,59-,60+,61+,62-/m1/s1. The van der Waals surface area contributed by atoms with Gasteiger partial charge < -0.3 is 43.6 Å². The predicted molar refractivity (Wildman–Crippen MR) is 269 cm³/mol. The molecule has 13 nitrogen and oxygen atoms in total. The van der Waals surface area contributed by atoms with Gasteiger partial charge in [0.05, 0.1) is 48.5 Å². The molecule has 0 aromatic carbocycles. The van der Waals surface area contributed by atoms with E-state index in [1.54, 1.807) is 6.26 Å². The molecule has 75 heavy (non-hydrogen) atoms. The Morgan fingerprint density at radius 1 is 0.960 bits per heavy atom. The van der Waals surface area contributed by atoms with Crippen molar-refractivity contribution in [1.29, 1.82) is 0 Å². The lowest BCUT2D eigenvalue weighted by molar-refractivity contribution is -0.281. The molecule has 9 aliphatic carbocycles. The third-order valence-electron chi connectivity index (χ3n) is 27.4. The highest BCUT2D eigenvalue weighted by Gasteiger charge is 2.97. The number of carbonyl (C=O) groups is 3. The topological polar surface area (TPSA) is 181 Å². The maximum Gasteiger partial charge on any atom is 0.339 e. The number of aliphatic hydroxyl groups is 3. The number of ether oxygens (including phenoxy) is 4. The smallest absolute Gasteiger partial charge is 0.339 e. The number of ketones is 1. The van der Waals surface area contributed by atoms with E-state index in [0.29, 0.717) is 54.7 Å². The minimum atomic E-state index is -1.49. The molecule has 8 heterocycles. The number of allylic oxidation sites excluding steroid dienone is 2. The van der Waals surface area contributed by atoms with Gasteiger partial charge in [0.1, 0.15) is 35.8 Å². The van der Waals surface area contributed by atoms with E-state index in [2.05, 4.69) is 61.5 Å². The van der Waals surface area contributed by atoms with Gasteiger partial charge in [-0.15, -0.1) is 0 Å². The molecule has 0 radical (unpaired) electrons. The molecule has 13 heteroatoms. The van der Waals surface area contributed by atoms with Gasteiger partial charge in [0, 0.05) is 46.7 Å². The first kappa shape index (κ1) is 46.6.